The van der Waals surface area contributed by atoms with E-state index in [1.807, 2.05) is 18.2 Å². The third-order valence-corrected chi connectivity index (χ3v) is 2.67. The molecule has 0 bridgehead atoms. The van der Waals surface area contributed by atoms with Crippen LogP contribution in [0.25, 0.3) is 0 Å². The largest absolute Gasteiger partial charge is 0.480 e. The number of para-hydroxylation sites is 1. The van der Waals surface area contributed by atoms with Crippen LogP contribution in [0.1, 0.15) is 31.7 Å². The van der Waals surface area contributed by atoms with Crippen molar-refractivity contribution in [2.45, 2.75) is 32.2 Å². The van der Waals surface area contributed by atoms with E-state index in [2.05, 4.69) is 25.2 Å². The molecule has 0 spiro atoms. The number of anilines is 1. The lowest BCUT2D eigenvalue weighted by Gasteiger charge is -2.15. The lowest BCUT2D eigenvalue weighted by atomic mass is 10.0. The summed E-state index contributed by atoms with van der Waals surface area (Å²) in [5.41, 5.74) is 7.73. The van der Waals surface area contributed by atoms with E-state index in [1.165, 1.54) is 5.56 Å². The van der Waals surface area contributed by atoms with E-state index >= 15 is 0 Å². The molecule has 0 aliphatic heterocycles. The van der Waals surface area contributed by atoms with Gasteiger partial charge in [0.05, 0.1) is 0 Å². The third kappa shape index (κ3) is 4.07. The Hall–Kier alpha value is -1.55. The van der Waals surface area contributed by atoms with Gasteiger partial charge in [-0.25, -0.2) is 0 Å². The van der Waals surface area contributed by atoms with Gasteiger partial charge in [0.25, 0.3) is 0 Å². The lowest BCUT2D eigenvalue weighted by molar-refractivity contribution is -0.138. The molecular weight excluding hydrogens is 216 g/mol. The molecule has 0 heterocycles. The molecule has 0 radical (unpaired) electrons. The molecule has 0 aliphatic carbocycles. The van der Waals surface area contributed by atoms with E-state index in [9.17, 15) is 4.79 Å². The van der Waals surface area contributed by atoms with Crippen LogP contribution in [0.4, 0.5) is 5.69 Å². The smallest absolute Gasteiger partial charge is 0.320 e. The molecule has 1 unspecified atom stereocenters. The Morgan fingerprint density at radius 3 is 2.65 bits per heavy atom. The third-order valence-electron chi connectivity index (χ3n) is 2.67. The minimum Gasteiger partial charge on any atom is -0.480 e. The van der Waals surface area contributed by atoms with E-state index in [4.69, 9.17) is 10.8 Å². The first-order valence-electron chi connectivity index (χ1n) is 5.83. The highest BCUT2D eigenvalue weighted by Gasteiger charge is 2.11. The first kappa shape index (κ1) is 13.5. The second kappa shape index (κ2) is 6.25. The van der Waals surface area contributed by atoms with Crippen molar-refractivity contribution in [3.63, 3.8) is 0 Å². The van der Waals surface area contributed by atoms with Crippen LogP contribution in [0, 0.1) is 0 Å². The average molecular weight is 236 g/mol. The minimum absolute atomic E-state index is 0.418. The summed E-state index contributed by atoms with van der Waals surface area (Å²) in [5.74, 6) is -0.518. The summed E-state index contributed by atoms with van der Waals surface area (Å²) in [5, 5.41) is 11.9. The Morgan fingerprint density at radius 2 is 2.06 bits per heavy atom. The molecule has 1 aromatic rings. The van der Waals surface area contributed by atoms with Gasteiger partial charge in [0.1, 0.15) is 6.04 Å². The van der Waals surface area contributed by atoms with E-state index in [0.717, 1.165) is 5.69 Å². The molecule has 1 rings (SSSR count). The zero-order chi connectivity index (χ0) is 12.8. The van der Waals surface area contributed by atoms with Gasteiger partial charge < -0.3 is 16.2 Å². The van der Waals surface area contributed by atoms with Crippen molar-refractivity contribution in [1.82, 2.24) is 0 Å². The fraction of sp³-hybridized carbons (Fsp3) is 0.462. The van der Waals surface area contributed by atoms with Gasteiger partial charge >= 0.3 is 5.97 Å². The number of carboxylic acid groups (broad SMARTS) is 1. The fourth-order valence-electron chi connectivity index (χ4n) is 1.65. The lowest BCUT2D eigenvalue weighted by Crippen LogP contribution is -2.32. The number of carbonyl (C=O) groups is 1. The normalized spacial score (nSPS) is 12.5. The minimum atomic E-state index is -0.955. The van der Waals surface area contributed by atoms with Gasteiger partial charge in [-0.05, 0) is 24.0 Å². The van der Waals surface area contributed by atoms with E-state index in [-0.39, 0.29) is 0 Å². The summed E-state index contributed by atoms with van der Waals surface area (Å²) in [6.45, 7) is 4.82. The van der Waals surface area contributed by atoms with Crippen molar-refractivity contribution < 1.29 is 9.90 Å². The van der Waals surface area contributed by atoms with Crippen LogP contribution >= 0.6 is 0 Å². The van der Waals surface area contributed by atoms with Gasteiger partial charge in [0.2, 0.25) is 0 Å². The molecule has 1 atom stereocenters. The zero-order valence-corrected chi connectivity index (χ0v) is 10.3. The summed E-state index contributed by atoms with van der Waals surface area (Å²) in [6, 6.07) is 7.24. The highest BCUT2D eigenvalue weighted by Crippen LogP contribution is 2.23. The topological polar surface area (TPSA) is 75.3 Å². The molecule has 4 N–H and O–H groups in total. The van der Waals surface area contributed by atoms with Crippen LogP contribution < -0.4 is 11.1 Å². The van der Waals surface area contributed by atoms with Crippen molar-refractivity contribution in [2.24, 2.45) is 5.73 Å². The number of benzene rings is 1. The fourth-order valence-corrected chi connectivity index (χ4v) is 1.65. The predicted molar refractivity (Wildman–Crippen MR) is 69.2 cm³/mol. The van der Waals surface area contributed by atoms with Crippen LogP contribution in [-0.2, 0) is 4.79 Å². The van der Waals surface area contributed by atoms with Crippen LogP contribution in [0.3, 0.4) is 0 Å². The number of rotatable bonds is 6. The number of hydrogen-bond acceptors (Lipinski definition) is 3. The van der Waals surface area contributed by atoms with Gasteiger partial charge in [-0.1, -0.05) is 32.0 Å². The Morgan fingerprint density at radius 1 is 1.41 bits per heavy atom. The summed E-state index contributed by atoms with van der Waals surface area (Å²) in [7, 11) is 0. The molecule has 4 heteroatoms. The van der Waals surface area contributed by atoms with Gasteiger partial charge in [0.15, 0.2) is 0 Å². The first-order valence-corrected chi connectivity index (χ1v) is 5.83. The number of nitrogens with two attached hydrogens (primary N) is 1. The predicted octanol–water partition coefficient (Wildman–Crippen LogP) is 2.02. The molecular formula is C13H20N2O2. The van der Waals surface area contributed by atoms with E-state index in [1.54, 1.807) is 0 Å². The number of nitrogens with one attached hydrogen (secondary N) is 1. The van der Waals surface area contributed by atoms with Crippen LogP contribution in [-0.4, -0.2) is 23.7 Å². The standard InChI is InChI=1S/C13H20N2O2/c1-9(2)10-5-3-4-6-12(10)15-8-7-11(14)13(16)17/h3-6,9,11,15H,7-8,14H2,1-2H3,(H,16,17). The SMILES string of the molecule is CC(C)c1ccccc1NCCC(N)C(=O)O. The molecule has 1 aromatic carbocycles. The van der Waals surface area contributed by atoms with Crippen molar-refractivity contribution in [3.8, 4) is 0 Å². The van der Waals surface area contributed by atoms with E-state index < -0.39 is 12.0 Å². The van der Waals surface area contributed by atoms with Crippen molar-refractivity contribution in [3.05, 3.63) is 29.8 Å². The number of aliphatic carboxylic acids is 1. The summed E-state index contributed by atoms with van der Waals surface area (Å²) < 4.78 is 0. The van der Waals surface area contributed by atoms with Crippen molar-refractivity contribution in [2.75, 3.05) is 11.9 Å². The highest BCUT2D eigenvalue weighted by molar-refractivity contribution is 5.73. The maximum atomic E-state index is 10.6. The number of hydrogen-bond donors (Lipinski definition) is 3. The van der Waals surface area contributed by atoms with Gasteiger partial charge in [-0.3, -0.25) is 4.79 Å². The Labute approximate surface area is 102 Å². The molecule has 94 valence electrons. The summed E-state index contributed by atoms with van der Waals surface area (Å²) >= 11 is 0. The first-order chi connectivity index (χ1) is 8.02. The van der Waals surface area contributed by atoms with Crippen molar-refractivity contribution >= 4 is 11.7 Å². The molecule has 0 aliphatic rings. The van der Waals surface area contributed by atoms with E-state index in [0.29, 0.717) is 18.9 Å². The second-order valence-corrected chi connectivity index (χ2v) is 4.40. The average Bonchev–Trinajstić information content (AvgIpc) is 2.29. The molecule has 0 amide bonds. The summed E-state index contributed by atoms with van der Waals surface area (Å²) in [6.07, 6.45) is 0.418. The van der Waals surface area contributed by atoms with Gasteiger partial charge in [0, 0.05) is 12.2 Å². The van der Waals surface area contributed by atoms with Crippen LogP contribution in [0.5, 0.6) is 0 Å². The maximum absolute atomic E-state index is 10.6. The quantitative estimate of drug-likeness (QED) is 0.706. The molecule has 0 saturated carbocycles. The molecule has 0 fully saturated rings. The van der Waals surface area contributed by atoms with Crippen LogP contribution in [0.15, 0.2) is 24.3 Å². The highest BCUT2D eigenvalue weighted by atomic mass is 16.4. The van der Waals surface area contributed by atoms with Crippen LogP contribution in [0.2, 0.25) is 0 Å². The van der Waals surface area contributed by atoms with Gasteiger partial charge in [-0.15, -0.1) is 0 Å². The summed E-state index contributed by atoms with van der Waals surface area (Å²) in [4.78, 5) is 10.6. The maximum Gasteiger partial charge on any atom is 0.320 e. The molecule has 4 nitrogen and oxygen atoms in total. The number of carboxylic acids is 1. The Bertz CT molecular complexity index is 377. The molecule has 0 aromatic heterocycles. The Balaban J connectivity index is 2.55. The second-order valence-electron chi connectivity index (χ2n) is 4.40. The zero-order valence-electron chi connectivity index (χ0n) is 10.3. The van der Waals surface area contributed by atoms with Gasteiger partial charge in [-0.2, -0.15) is 0 Å². The molecule has 0 saturated heterocycles. The monoisotopic (exact) mass is 236 g/mol. The Kier molecular flexibility index (Phi) is 4.97. The molecule has 17 heavy (non-hydrogen) atoms. The van der Waals surface area contributed by atoms with Crippen molar-refractivity contribution in [1.29, 1.82) is 0 Å².